The lowest BCUT2D eigenvalue weighted by Crippen LogP contribution is -2.54. The van der Waals surface area contributed by atoms with E-state index < -0.39 is 34.8 Å². The Balaban J connectivity index is 1.15. The van der Waals surface area contributed by atoms with Crippen molar-refractivity contribution in [1.82, 2.24) is 14.8 Å². The number of benzene rings is 1. The number of nitrogens with zero attached hydrogens (tertiary/aromatic N) is 3. The van der Waals surface area contributed by atoms with Crippen LogP contribution in [0.5, 0.6) is 0 Å². The van der Waals surface area contributed by atoms with Gasteiger partial charge in [-0.1, -0.05) is 0 Å². The van der Waals surface area contributed by atoms with Crippen molar-refractivity contribution in [2.45, 2.75) is 43.1 Å². The molecular formula is C26H25FN4O8S. The van der Waals surface area contributed by atoms with Gasteiger partial charge in [0.25, 0.3) is 0 Å². The van der Waals surface area contributed by atoms with E-state index in [2.05, 4.69) is 5.32 Å². The summed E-state index contributed by atoms with van der Waals surface area (Å²) in [5, 5.41) is 21.5. The number of carboxylic acids is 2. The number of aliphatic carboxylic acids is 1. The molecule has 1 saturated carbocycles. The van der Waals surface area contributed by atoms with E-state index in [0.717, 1.165) is 18.9 Å². The maximum Gasteiger partial charge on any atom is 0.407 e. The number of nitrogens with one attached hydrogen (secondary N) is 1. The molecule has 2 unspecified atom stereocenters. The maximum atomic E-state index is 15.2. The molecule has 40 heavy (non-hydrogen) atoms. The van der Waals surface area contributed by atoms with Gasteiger partial charge in [-0.2, -0.15) is 0 Å². The van der Waals surface area contributed by atoms with Crippen LogP contribution < -0.4 is 15.6 Å². The first-order valence-electron chi connectivity index (χ1n) is 12.8. The second kappa shape index (κ2) is 9.84. The van der Waals surface area contributed by atoms with E-state index in [0.29, 0.717) is 29.8 Å². The topological polar surface area (TPSA) is 158 Å². The van der Waals surface area contributed by atoms with E-state index >= 15 is 4.39 Å². The van der Waals surface area contributed by atoms with Crippen LogP contribution in [0.4, 0.5) is 14.9 Å². The highest BCUT2D eigenvalue weighted by molar-refractivity contribution is 8.00. The Labute approximate surface area is 230 Å². The lowest BCUT2D eigenvalue weighted by atomic mass is 10.1. The fourth-order valence-corrected chi connectivity index (χ4v) is 6.70. The summed E-state index contributed by atoms with van der Waals surface area (Å²) in [6.07, 6.45) is 3.01. The molecule has 3 aliphatic heterocycles. The summed E-state index contributed by atoms with van der Waals surface area (Å²) < 4.78 is 22.2. The van der Waals surface area contributed by atoms with E-state index in [1.54, 1.807) is 15.5 Å². The highest BCUT2D eigenvalue weighted by Crippen LogP contribution is 2.40. The monoisotopic (exact) mass is 572 g/mol. The first kappa shape index (κ1) is 26.2. The molecule has 1 aromatic heterocycles. The molecule has 3 fully saturated rings. The minimum absolute atomic E-state index is 0.00709. The molecule has 0 spiro atoms. The summed E-state index contributed by atoms with van der Waals surface area (Å²) >= 11 is 1.42. The fraction of sp³-hybridized carbons (Fsp3) is 0.423. The van der Waals surface area contributed by atoms with Crippen molar-refractivity contribution < 1.29 is 38.5 Å². The number of halogens is 1. The van der Waals surface area contributed by atoms with Gasteiger partial charge in [-0.25, -0.2) is 18.8 Å². The standard InChI is InChI=1S/C26H25FN4O8S/c27-17-5-15-18(30(14-1-2-14)9-16(23(15)33)24(34)35)6-19(17)29-4-3-13(8-29)28-26(38)39-10-12-11-40-21-7-20(32)31(21)22(12)25(36)37/h5-6,9,13-14,21H,1-4,7-8,10-11H2,(H,28,38)(H,34,35)(H,36,37). The van der Waals surface area contributed by atoms with Crippen LogP contribution in [0.3, 0.4) is 0 Å². The second-order valence-corrected chi connectivity index (χ2v) is 11.4. The van der Waals surface area contributed by atoms with Crippen LogP contribution in [0.2, 0.25) is 0 Å². The molecule has 210 valence electrons. The number of carboxylic acid groups (broad SMARTS) is 2. The average molecular weight is 573 g/mol. The van der Waals surface area contributed by atoms with Crippen LogP contribution in [0.15, 0.2) is 34.4 Å². The van der Waals surface area contributed by atoms with Gasteiger partial charge < -0.3 is 29.7 Å². The Bertz CT molecular complexity index is 1570. The quantitative estimate of drug-likeness (QED) is 0.420. The van der Waals surface area contributed by atoms with Gasteiger partial charge in [0.1, 0.15) is 23.7 Å². The van der Waals surface area contributed by atoms with E-state index in [1.165, 1.54) is 22.9 Å². The van der Waals surface area contributed by atoms with Gasteiger partial charge in [-0.15, -0.1) is 11.8 Å². The van der Waals surface area contributed by atoms with Crippen molar-refractivity contribution in [3.05, 3.63) is 51.2 Å². The van der Waals surface area contributed by atoms with Crippen LogP contribution >= 0.6 is 11.8 Å². The highest BCUT2D eigenvalue weighted by atomic mass is 32.2. The Morgan fingerprint density at radius 2 is 1.90 bits per heavy atom. The Morgan fingerprint density at radius 1 is 1.12 bits per heavy atom. The molecule has 2 amide bonds. The van der Waals surface area contributed by atoms with Crippen molar-refractivity contribution in [3.8, 4) is 0 Å². The summed E-state index contributed by atoms with van der Waals surface area (Å²) in [6, 6.07) is 2.31. The average Bonchev–Trinajstić information content (AvgIpc) is 3.65. The van der Waals surface area contributed by atoms with Gasteiger partial charge in [-0.05, 0) is 31.4 Å². The molecule has 6 rings (SSSR count). The molecule has 2 aromatic rings. The van der Waals surface area contributed by atoms with Gasteiger partial charge >= 0.3 is 18.0 Å². The lowest BCUT2D eigenvalue weighted by Gasteiger charge is -2.43. The van der Waals surface area contributed by atoms with Crippen LogP contribution in [0, 0.1) is 5.82 Å². The summed E-state index contributed by atoms with van der Waals surface area (Å²) in [4.78, 5) is 63.4. The summed E-state index contributed by atoms with van der Waals surface area (Å²) in [5.41, 5.74) is -0.223. The molecule has 2 saturated heterocycles. The third kappa shape index (κ3) is 4.55. The molecule has 12 nitrogen and oxygen atoms in total. The number of rotatable bonds is 7. The lowest BCUT2D eigenvalue weighted by molar-refractivity contribution is -0.146. The van der Waals surface area contributed by atoms with Crippen molar-refractivity contribution in [3.63, 3.8) is 0 Å². The zero-order valence-corrected chi connectivity index (χ0v) is 21.9. The normalized spacial score (nSPS) is 22.3. The van der Waals surface area contributed by atoms with Gasteiger partial charge in [0, 0.05) is 42.0 Å². The summed E-state index contributed by atoms with van der Waals surface area (Å²) in [7, 11) is 0. The van der Waals surface area contributed by atoms with E-state index in [9.17, 15) is 34.2 Å². The molecule has 3 N–H and O–H groups in total. The second-order valence-electron chi connectivity index (χ2n) is 10.3. The molecule has 4 heterocycles. The largest absolute Gasteiger partial charge is 0.477 e. The third-order valence-corrected chi connectivity index (χ3v) is 8.91. The van der Waals surface area contributed by atoms with Gasteiger partial charge in [0.05, 0.1) is 29.0 Å². The first-order chi connectivity index (χ1) is 19.1. The number of thioether (sulfide) groups is 1. The minimum atomic E-state index is -1.36. The zero-order chi connectivity index (χ0) is 28.3. The number of carbonyl (C=O) groups excluding carboxylic acids is 2. The number of alkyl carbamates (subject to hydrolysis) is 1. The molecular weight excluding hydrogens is 547 g/mol. The van der Waals surface area contributed by atoms with Crippen molar-refractivity contribution >= 4 is 52.3 Å². The Kier molecular flexibility index (Phi) is 6.44. The zero-order valence-electron chi connectivity index (χ0n) is 21.1. The molecule has 2 atom stereocenters. The van der Waals surface area contributed by atoms with Crippen molar-refractivity contribution in [2.75, 3.05) is 30.3 Å². The van der Waals surface area contributed by atoms with Crippen LogP contribution in [-0.4, -0.2) is 80.5 Å². The number of amides is 2. The molecule has 0 radical (unpaired) electrons. The predicted octanol–water partition coefficient (Wildman–Crippen LogP) is 2.12. The van der Waals surface area contributed by atoms with Crippen molar-refractivity contribution in [2.24, 2.45) is 0 Å². The first-order valence-corrected chi connectivity index (χ1v) is 13.9. The van der Waals surface area contributed by atoms with Gasteiger partial charge in [-0.3, -0.25) is 14.5 Å². The SMILES string of the molecule is O=C(NC1CCN(c2cc3c(cc2F)c(=O)c(C(=O)O)cn3C2CC2)C1)OCC1=C(C(=O)O)N2C(=O)CC2SC1. The fourth-order valence-electron chi connectivity index (χ4n) is 5.46. The summed E-state index contributed by atoms with van der Waals surface area (Å²) in [6.45, 7) is 0.405. The maximum absolute atomic E-state index is 15.2. The Hall–Kier alpha value is -4.07. The minimum Gasteiger partial charge on any atom is -0.477 e. The summed E-state index contributed by atoms with van der Waals surface area (Å²) in [5.74, 6) is -3.21. The number of carbonyl (C=O) groups is 4. The number of pyridine rings is 1. The van der Waals surface area contributed by atoms with E-state index in [4.69, 9.17) is 4.74 Å². The van der Waals surface area contributed by atoms with Crippen LogP contribution in [0.25, 0.3) is 10.9 Å². The van der Waals surface area contributed by atoms with Crippen LogP contribution in [-0.2, 0) is 14.3 Å². The Morgan fingerprint density at radius 3 is 2.58 bits per heavy atom. The molecule has 14 heteroatoms. The number of aromatic carboxylic acids is 1. The number of hydrogen-bond donors (Lipinski definition) is 3. The molecule has 1 aromatic carbocycles. The van der Waals surface area contributed by atoms with E-state index in [-0.39, 0.29) is 59.7 Å². The van der Waals surface area contributed by atoms with Gasteiger partial charge in [0.15, 0.2) is 0 Å². The van der Waals surface area contributed by atoms with E-state index in [1.807, 2.05) is 0 Å². The number of fused-ring (bicyclic) bond motifs is 2. The van der Waals surface area contributed by atoms with Gasteiger partial charge in [0.2, 0.25) is 11.3 Å². The number of aromatic nitrogens is 1. The smallest absolute Gasteiger partial charge is 0.407 e. The van der Waals surface area contributed by atoms with Crippen LogP contribution in [0.1, 0.15) is 42.1 Å². The number of β-lactam (4-membered cyclic amide) rings is 1. The molecule has 1 aliphatic carbocycles. The number of ether oxygens (including phenoxy) is 1. The predicted molar refractivity (Wildman–Crippen MR) is 141 cm³/mol. The third-order valence-electron chi connectivity index (χ3n) is 7.63. The number of hydrogen-bond acceptors (Lipinski definition) is 8. The van der Waals surface area contributed by atoms with Crippen molar-refractivity contribution in [1.29, 1.82) is 0 Å². The highest BCUT2D eigenvalue weighted by Gasteiger charge is 2.45. The molecule has 0 bridgehead atoms. The number of anilines is 1. The molecule has 4 aliphatic rings.